The maximum absolute atomic E-state index is 12.5. The summed E-state index contributed by atoms with van der Waals surface area (Å²) in [7, 11) is 0. The number of aromatic nitrogens is 3. The summed E-state index contributed by atoms with van der Waals surface area (Å²) in [6.45, 7) is 0. The Kier molecular flexibility index (Phi) is 3.12. The Morgan fingerprint density at radius 3 is 2.74 bits per heavy atom. The first kappa shape index (κ1) is 13.3. The molecule has 1 amide bonds. The van der Waals surface area contributed by atoms with Crippen LogP contribution in [0.1, 0.15) is 10.6 Å². The molecule has 2 aromatic carbocycles. The van der Waals surface area contributed by atoms with Crippen LogP contribution in [-0.4, -0.2) is 20.7 Å². The number of carbonyl (C=O) groups is 1. The Morgan fingerprint density at radius 1 is 1.09 bits per heavy atom. The predicted octanol–water partition coefficient (Wildman–Crippen LogP) is 3.27. The molecule has 6 heteroatoms. The first-order chi connectivity index (χ1) is 11.3. The van der Waals surface area contributed by atoms with Crippen LogP contribution in [0.5, 0.6) is 0 Å². The number of hydrogen-bond acceptors (Lipinski definition) is 4. The highest BCUT2D eigenvalue weighted by Crippen LogP contribution is 2.22. The average molecular weight is 304 g/mol. The molecule has 0 aliphatic carbocycles. The topological polar surface area (TPSA) is 73.0 Å². The fraction of sp³-hybridized carbons (Fsp3) is 0. The van der Waals surface area contributed by atoms with Gasteiger partial charge in [-0.05, 0) is 24.3 Å². The molecule has 4 aromatic rings. The van der Waals surface area contributed by atoms with Gasteiger partial charge >= 0.3 is 0 Å². The summed E-state index contributed by atoms with van der Waals surface area (Å²) in [4.78, 5) is 16.4. The number of amides is 1. The minimum absolute atomic E-state index is 0.264. The lowest BCUT2D eigenvalue weighted by Gasteiger charge is -2.09. The van der Waals surface area contributed by atoms with Crippen LogP contribution in [0.15, 0.2) is 71.7 Å². The van der Waals surface area contributed by atoms with Gasteiger partial charge in [0.15, 0.2) is 5.76 Å². The Bertz CT molecular complexity index is 940. The zero-order valence-corrected chi connectivity index (χ0v) is 12.0. The van der Waals surface area contributed by atoms with Gasteiger partial charge in [0.05, 0.1) is 11.4 Å². The molecule has 1 N–H and O–H groups in total. The fourth-order valence-electron chi connectivity index (χ4n) is 2.39. The van der Waals surface area contributed by atoms with Gasteiger partial charge in [-0.1, -0.05) is 30.3 Å². The van der Waals surface area contributed by atoms with Crippen molar-refractivity contribution in [3.05, 3.63) is 73.0 Å². The number of carbonyl (C=O) groups excluding carboxylic acids is 1. The standard InChI is InChI=1S/C17H12N4O2/c22-17(16-9-12-5-1-4-8-15(12)23-16)20-13-6-2-3-7-14(13)21-11-18-10-19-21/h1-11H,(H,20,22). The van der Waals surface area contributed by atoms with E-state index in [-0.39, 0.29) is 11.7 Å². The van der Waals surface area contributed by atoms with Crippen molar-refractivity contribution in [2.75, 3.05) is 5.32 Å². The maximum atomic E-state index is 12.5. The minimum atomic E-state index is -0.311. The number of nitrogens with one attached hydrogen (secondary N) is 1. The molecule has 112 valence electrons. The molecule has 0 spiro atoms. The summed E-state index contributed by atoms with van der Waals surface area (Å²) in [6, 6.07) is 16.6. The summed E-state index contributed by atoms with van der Waals surface area (Å²) < 4.78 is 7.18. The molecule has 0 aliphatic rings. The molecule has 2 aromatic heterocycles. The quantitative estimate of drug-likeness (QED) is 0.630. The largest absolute Gasteiger partial charge is 0.451 e. The van der Waals surface area contributed by atoms with Gasteiger partial charge in [0.1, 0.15) is 18.2 Å². The number of furan rings is 1. The van der Waals surface area contributed by atoms with E-state index >= 15 is 0 Å². The molecule has 0 fully saturated rings. The SMILES string of the molecule is O=C(Nc1ccccc1-n1cncn1)c1cc2ccccc2o1. The third-order valence-electron chi connectivity index (χ3n) is 3.47. The Morgan fingerprint density at radius 2 is 1.91 bits per heavy atom. The summed E-state index contributed by atoms with van der Waals surface area (Å²) in [5, 5.41) is 7.84. The first-order valence-electron chi connectivity index (χ1n) is 7.05. The van der Waals surface area contributed by atoms with E-state index in [9.17, 15) is 4.79 Å². The molecule has 0 bridgehead atoms. The lowest BCUT2D eigenvalue weighted by molar-refractivity contribution is 0.0998. The smallest absolute Gasteiger partial charge is 0.291 e. The Balaban J connectivity index is 1.67. The van der Waals surface area contributed by atoms with E-state index in [1.54, 1.807) is 23.1 Å². The van der Waals surface area contributed by atoms with Crippen molar-refractivity contribution >= 4 is 22.6 Å². The molecule has 0 aliphatic heterocycles. The van der Waals surface area contributed by atoms with E-state index in [0.29, 0.717) is 11.3 Å². The number of hydrogen-bond donors (Lipinski definition) is 1. The molecule has 0 radical (unpaired) electrons. The van der Waals surface area contributed by atoms with Crippen LogP contribution in [0, 0.1) is 0 Å². The van der Waals surface area contributed by atoms with Gasteiger partial charge < -0.3 is 9.73 Å². The maximum Gasteiger partial charge on any atom is 0.291 e. The fourth-order valence-corrected chi connectivity index (χ4v) is 2.39. The number of anilines is 1. The third-order valence-corrected chi connectivity index (χ3v) is 3.47. The van der Waals surface area contributed by atoms with Crippen molar-refractivity contribution in [3.8, 4) is 5.69 Å². The molecule has 0 unspecified atom stereocenters. The lowest BCUT2D eigenvalue weighted by atomic mass is 10.2. The van der Waals surface area contributed by atoms with Crippen LogP contribution in [0.2, 0.25) is 0 Å². The van der Waals surface area contributed by atoms with Gasteiger partial charge in [0, 0.05) is 5.39 Å². The zero-order chi connectivity index (χ0) is 15.6. The second-order valence-electron chi connectivity index (χ2n) is 4.96. The second-order valence-corrected chi connectivity index (χ2v) is 4.96. The highest BCUT2D eigenvalue weighted by atomic mass is 16.3. The average Bonchev–Trinajstić information content (AvgIpc) is 3.25. The van der Waals surface area contributed by atoms with Crippen LogP contribution in [0.4, 0.5) is 5.69 Å². The number of nitrogens with zero attached hydrogens (tertiary/aromatic N) is 3. The van der Waals surface area contributed by atoms with E-state index in [4.69, 9.17) is 4.42 Å². The summed E-state index contributed by atoms with van der Waals surface area (Å²) >= 11 is 0. The van der Waals surface area contributed by atoms with E-state index < -0.39 is 0 Å². The number of para-hydroxylation sites is 3. The van der Waals surface area contributed by atoms with E-state index in [2.05, 4.69) is 15.4 Å². The van der Waals surface area contributed by atoms with E-state index in [1.807, 2.05) is 42.5 Å². The number of fused-ring (bicyclic) bond motifs is 1. The molecule has 4 rings (SSSR count). The lowest BCUT2D eigenvalue weighted by Crippen LogP contribution is -2.13. The summed E-state index contributed by atoms with van der Waals surface area (Å²) in [5.74, 6) is -0.0478. The third kappa shape index (κ3) is 2.46. The highest BCUT2D eigenvalue weighted by molar-refractivity contribution is 6.05. The van der Waals surface area contributed by atoms with Gasteiger partial charge in [-0.2, -0.15) is 5.10 Å². The number of benzene rings is 2. The van der Waals surface area contributed by atoms with E-state index in [1.165, 1.54) is 6.33 Å². The molecule has 23 heavy (non-hydrogen) atoms. The van der Waals surface area contributed by atoms with Crippen LogP contribution in [-0.2, 0) is 0 Å². The minimum Gasteiger partial charge on any atom is -0.451 e. The summed E-state index contributed by atoms with van der Waals surface area (Å²) in [6.07, 6.45) is 3.02. The van der Waals surface area contributed by atoms with Gasteiger partial charge in [-0.3, -0.25) is 4.79 Å². The van der Waals surface area contributed by atoms with Gasteiger partial charge in [-0.25, -0.2) is 9.67 Å². The van der Waals surface area contributed by atoms with Crippen molar-refractivity contribution in [1.82, 2.24) is 14.8 Å². The van der Waals surface area contributed by atoms with Crippen molar-refractivity contribution < 1.29 is 9.21 Å². The Labute approximate surface area is 131 Å². The monoisotopic (exact) mass is 304 g/mol. The van der Waals surface area contributed by atoms with Crippen molar-refractivity contribution in [2.24, 2.45) is 0 Å². The van der Waals surface area contributed by atoms with Gasteiger partial charge in [0.2, 0.25) is 0 Å². The van der Waals surface area contributed by atoms with E-state index in [0.717, 1.165) is 11.1 Å². The molecule has 0 saturated carbocycles. The Hall–Kier alpha value is -3.41. The van der Waals surface area contributed by atoms with Crippen molar-refractivity contribution in [2.45, 2.75) is 0 Å². The zero-order valence-electron chi connectivity index (χ0n) is 12.0. The predicted molar refractivity (Wildman–Crippen MR) is 85.5 cm³/mol. The first-order valence-corrected chi connectivity index (χ1v) is 7.05. The normalized spacial score (nSPS) is 10.8. The van der Waals surface area contributed by atoms with Gasteiger partial charge in [-0.15, -0.1) is 0 Å². The van der Waals surface area contributed by atoms with Crippen molar-refractivity contribution in [3.63, 3.8) is 0 Å². The van der Waals surface area contributed by atoms with Gasteiger partial charge in [0.25, 0.3) is 5.91 Å². The van der Waals surface area contributed by atoms with Crippen molar-refractivity contribution in [1.29, 1.82) is 0 Å². The van der Waals surface area contributed by atoms with Crippen LogP contribution >= 0.6 is 0 Å². The molecule has 0 saturated heterocycles. The molecular weight excluding hydrogens is 292 g/mol. The second kappa shape index (κ2) is 5.42. The molecule has 0 atom stereocenters. The van der Waals surface area contributed by atoms with Crippen LogP contribution in [0.25, 0.3) is 16.7 Å². The highest BCUT2D eigenvalue weighted by Gasteiger charge is 2.14. The van der Waals surface area contributed by atoms with Crippen LogP contribution in [0.3, 0.4) is 0 Å². The number of rotatable bonds is 3. The summed E-state index contributed by atoms with van der Waals surface area (Å²) in [5.41, 5.74) is 2.04. The molecule has 6 nitrogen and oxygen atoms in total. The molecular formula is C17H12N4O2. The molecule has 2 heterocycles. The van der Waals surface area contributed by atoms with Crippen LogP contribution < -0.4 is 5.32 Å².